The maximum atomic E-state index is 12.5. The van der Waals surface area contributed by atoms with Crippen LogP contribution in [0.2, 0.25) is 0 Å². The van der Waals surface area contributed by atoms with Crippen molar-refractivity contribution in [3.8, 4) is 0 Å². The van der Waals surface area contributed by atoms with E-state index in [9.17, 15) is 4.79 Å². The van der Waals surface area contributed by atoms with Gasteiger partial charge < -0.3 is 19.5 Å². The van der Waals surface area contributed by atoms with E-state index in [1.807, 2.05) is 17.0 Å². The second-order valence-corrected chi connectivity index (χ2v) is 6.89. The molecule has 0 aliphatic carbocycles. The van der Waals surface area contributed by atoms with Gasteiger partial charge in [0.1, 0.15) is 11.3 Å². The molecule has 7 heteroatoms. The summed E-state index contributed by atoms with van der Waals surface area (Å²) in [6.45, 7) is 6.28. The van der Waals surface area contributed by atoms with Gasteiger partial charge in [-0.3, -0.25) is 4.79 Å². The number of pyridine rings is 1. The first-order valence-corrected chi connectivity index (χ1v) is 9.50. The zero-order valence-corrected chi connectivity index (χ0v) is 15.8. The van der Waals surface area contributed by atoms with E-state index in [0.717, 1.165) is 62.4 Å². The molecule has 1 aliphatic heterocycles. The zero-order chi connectivity index (χ0) is 18.4. The molecule has 26 heavy (non-hydrogen) atoms. The van der Waals surface area contributed by atoms with Gasteiger partial charge in [-0.15, -0.1) is 0 Å². The van der Waals surface area contributed by atoms with E-state index in [1.165, 1.54) is 0 Å². The smallest absolute Gasteiger partial charge is 0.222 e. The van der Waals surface area contributed by atoms with Crippen molar-refractivity contribution in [1.82, 2.24) is 24.8 Å². The number of carbonyl (C=O) groups excluding carboxylic acids is 1. The monoisotopic (exact) mass is 359 g/mol. The maximum absolute atomic E-state index is 12.5. The molecule has 1 saturated heterocycles. The van der Waals surface area contributed by atoms with E-state index < -0.39 is 0 Å². The number of hydrogen-bond donors (Lipinski definition) is 1. The molecule has 1 aliphatic rings. The summed E-state index contributed by atoms with van der Waals surface area (Å²) in [6, 6.07) is 4.04. The fourth-order valence-electron chi connectivity index (χ4n) is 3.58. The molecule has 7 nitrogen and oxygen atoms in total. The van der Waals surface area contributed by atoms with Crippen LogP contribution in [0.4, 0.5) is 0 Å². The third kappa shape index (κ3) is 4.40. The van der Waals surface area contributed by atoms with Crippen molar-refractivity contribution >= 4 is 17.1 Å². The van der Waals surface area contributed by atoms with Gasteiger partial charge in [-0.05, 0) is 38.4 Å². The second kappa shape index (κ2) is 9.09. The number of rotatable bonds is 7. The highest BCUT2D eigenvalue weighted by molar-refractivity contribution is 5.76. The molecule has 2 aromatic heterocycles. The topological polar surface area (TPSA) is 72.3 Å². The standard InChI is InChI=1S/C19H29N5O2/c1-15(14-26-2)24-17(22-16-6-4-10-21-19(16)24)7-3-8-18(25)23-12-5-9-20-11-13-23/h4,6,10,15,20H,3,5,7-9,11-14H2,1-2H3/t15-/m0/s1. The van der Waals surface area contributed by atoms with Crippen LogP contribution >= 0.6 is 0 Å². The highest BCUT2D eigenvalue weighted by Gasteiger charge is 2.18. The Bertz CT molecular complexity index is 722. The van der Waals surface area contributed by atoms with Gasteiger partial charge in [0.2, 0.25) is 5.91 Å². The summed E-state index contributed by atoms with van der Waals surface area (Å²) in [5.41, 5.74) is 1.78. The van der Waals surface area contributed by atoms with Crippen LogP contribution in [-0.2, 0) is 16.0 Å². The van der Waals surface area contributed by atoms with Crippen molar-refractivity contribution in [2.45, 2.75) is 38.6 Å². The van der Waals surface area contributed by atoms with Crippen LogP contribution in [0.5, 0.6) is 0 Å². The summed E-state index contributed by atoms with van der Waals surface area (Å²) < 4.78 is 7.47. The number of methoxy groups -OCH3 is 1. The Morgan fingerprint density at radius 2 is 2.27 bits per heavy atom. The van der Waals surface area contributed by atoms with Crippen LogP contribution in [0.1, 0.15) is 38.1 Å². The Hall–Kier alpha value is -1.99. The highest BCUT2D eigenvalue weighted by atomic mass is 16.5. The van der Waals surface area contributed by atoms with Crippen LogP contribution in [0, 0.1) is 0 Å². The van der Waals surface area contributed by atoms with Gasteiger partial charge in [0.15, 0.2) is 5.65 Å². The van der Waals surface area contributed by atoms with Gasteiger partial charge >= 0.3 is 0 Å². The Morgan fingerprint density at radius 1 is 1.38 bits per heavy atom. The largest absolute Gasteiger partial charge is 0.383 e. The van der Waals surface area contributed by atoms with Crippen LogP contribution in [0.25, 0.3) is 11.2 Å². The molecule has 0 radical (unpaired) electrons. The number of aryl methyl sites for hydroxylation is 1. The Labute approximate surface area is 154 Å². The summed E-state index contributed by atoms with van der Waals surface area (Å²) in [6.07, 6.45) is 4.95. The lowest BCUT2D eigenvalue weighted by molar-refractivity contribution is -0.131. The van der Waals surface area contributed by atoms with Gasteiger partial charge in [0, 0.05) is 45.8 Å². The van der Waals surface area contributed by atoms with Gasteiger partial charge in [0.05, 0.1) is 12.6 Å². The van der Waals surface area contributed by atoms with E-state index in [2.05, 4.69) is 21.8 Å². The summed E-state index contributed by atoms with van der Waals surface area (Å²) in [4.78, 5) is 23.7. The van der Waals surface area contributed by atoms with Crippen molar-refractivity contribution in [2.75, 3.05) is 39.9 Å². The Balaban J connectivity index is 1.66. The van der Waals surface area contributed by atoms with Crippen LogP contribution in [0.3, 0.4) is 0 Å². The van der Waals surface area contributed by atoms with E-state index >= 15 is 0 Å². The summed E-state index contributed by atoms with van der Waals surface area (Å²) >= 11 is 0. The SMILES string of the molecule is COC[C@H](C)n1c(CCCC(=O)N2CCCNCC2)nc2cccnc21. The number of imidazole rings is 1. The first-order valence-electron chi connectivity index (χ1n) is 9.50. The van der Waals surface area contributed by atoms with Gasteiger partial charge in [0.25, 0.3) is 0 Å². The number of carbonyl (C=O) groups is 1. The first kappa shape index (κ1) is 18.8. The van der Waals surface area contributed by atoms with E-state index in [0.29, 0.717) is 13.0 Å². The molecule has 1 atom stereocenters. The van der Waals surface area contributed by atoms with Crippen molar-refractivity contribution in [1.29, 1.82) is 0 Å². The minimum Gasteiger partial charge on any atom is -0.383 e. The number of nitrogens with zero attached hydrogens (tertiary/aromatic N) is 4. The van der Waals surface area contributed by atoms with Crippen molar-refractivity contribution in [2.24, 2.45) is 0 Å². The van der Waals surface area contributed by atoms with E-state index in [1.54, 1.807) is 13.3 Å². The molecule has 0 bridgehead atoms. The molecule has 1 amide bonds. The number of hydrogen-bond acceptors (Lipinski definition) is 5. The molecule has 0 spiro atoms. The number of ether oxygens (including phenoxy) is 1. The molecule has 3 rings (SSSR count). The van der Waals surface area contributed by atoms with Crippen molar-refractivity contribution in [3.05, 3.63) is 24.2 Å². The molecule has 1 N–H and O–H groups in total. The predicted molar refractivity (Wildman–Crippen MR) is 101 cm³/mol. The molecule has 2 aromatic rings. The summed E-state index contributed by atoms with van der Waals surface area (Å²) in [7, 11) is 1.71. The van der Waals surface area contributed by atoms with Crippen molar-refractivity contribution in [3.63, 3.8) is 0 Å². The quantitative estimate of drug-likeness (QED) is 0.816. The maximum Gasteiger partial charge on any atom is 0.222 e. The third-order valence-electron chi connectivity index (χ3n) is 4.85. The first-order chi connectivity index (χ1) is 12.7. The lowest BCUT2D eigenvalue weighted by Crippen LogP contribution is -2.34. The van der Waals surface area contributed by atoms with Gasteiger partial charge in [-0.1, -0.05) is 0 Å². The molecule has 1 fully saturated rings. The van der Waals surface area contributed by atoms with E-state index in [-0.39, 0.29) is 11.9 Å². The van der Waals surface area contributed by atoms with Gasteiger partial charge in [-0.2, -0.15) is 0 Å². The number of nitrogens with one attached hydrogen (secondary N) is 1. The average molecular weight is 359 g/mol. The minimum atomic E-state index is 0.155. The normalized spacial score (nSPS) is 16.6. The Kier molecular flexibility index (Phi) is 6.57. The molecule has 3 heterocycles. The third-order valence-corrected chi connectivity index (χ3v) is 4.85. The number of amides is 1. The lowest BCUT2D eigenvalue weighted by atomic mass is 10.2. The molecule has 0 saturated carbocycles. The van der Waals surface area contributed by atoms with Crippen LogP contribution in [0.15, 0.2) is 18.3 Å². The van der Waals surface area contributed by atoms with Crippen molar-refractivity contribution < 1.29 is 9.53 Å². The summed E-state index contributed by atoms with van der Waals surface area (Å²) in [5.74, 6) is 1.23. The lowest BCUT2D eigenvalue weighted by Gasteiger charge is -2.20. The Morgan fingerprint density at radius 3 is 3.12 bits per heavy atom. The second-order valence-electron chi connectivity index (χ2n) is 6.89. The fraction of sp³-hybridized carbons (Fsp3) is 0.632. The summed E-state index contributed by atoms with van der Waals surface area (Å²) in [5, 5.41) is 3.33. The number of aromatic nitrogens is 3. The molecule has 142 valence electrons. The minimum absolute atomic E-state index is 0.155. The number of fused-ring (bicyclic) bond motifs is 1. The molecule has 0 unspecified atom stereocenters. The molecular formula is C19H29N5O2. The van der Waals surface area contributed by atoms with Crippen LogP contribution < -0.4 is 5.32 Å². The fourth-order valence-corrected chi connectivity index (χ4v) is 3.58. The zero-order valence-electron chi connectivity index (χ0n) is 15.8. The van der Waals surface area contributed by atoms with Crippen LogP contribution in [-0.4, -0.2) is 65.2 Å². The molecule has 0 aromatic carbocycles. The predicted octanol–water partition coefficient (Wildman–Crippen LogP) is 1.78. The average Bonchev–Trinajstić information content (AvgIpc) is 2.80. The van der Waals surface area contributed by atoms with Gasteiger partial charge in [-0.25, -0.2) is 9.97 Å². The molecular weight excluding hydrogens is 330 g/mol. The highest BCUT2D eigenvalue weighted by Crippen LogP contribution is 2.21. The van der Waals surface area contributed by atoms with E-state index in [4.69, 9.17) is 9.72 Å².